The predicted molar refractivity (Wildman–Crippen MR) is 144 cm³/mol. The number of likely N-dealkylation sites (N-methyl/N-ethyl adjacent to an activating group) is 1. The van der Waals surface area contributed by atoms with Crippen molar-refractivity contribution < 1.29 is 14.3 Å². The average Bonchev–Trinajstić information content (AvgIpc) is 2.76. The summed E-state index contributed by atoms with van der Waals surface area (Å²) < 4.78 is 6.49. The molecule has 1 N–H and O–H groups in total. The van der Waals surface area contributed by atoms with Crippen LogP contribution in [0.4, 0.5) is 11.4 Å². The summed E-state index contributed by atoms with van der Waals surface area (Å²) in [5.41, 5.74) is 4.27. The number of carbonyl (C=O) groups excluding carboxylic acids is 2. The number of nitrogens with zero attached hydrogens (tertiary/aromatic N) is 2. The topological polar surface area (TPSA) is 61.9 Å². The van der Waals surface area contributed by atoms with Crippen LogP contribution in [0.2, 0.25) is 0 Å². The van der Waals surface area contributed by atoms with Crippen LogP contribution in [0.25, 0.3) is 11.6 Å². The summed E-state index contributed by atoms with van der Waals surface area (Å²) in [6, 6.07) is 11.1. The Morgan fingerprint density at radius 2 is 1.94 bits per heavy atom. The molecule has 176 valence electrons. The first kappa shape index (κ1) is 24.2. The Kier molecular flexibility index (Phi) is 6.40. The molecule has 0 unspecified atom stereocenters. The van der Waals surface area contributed by atoms with Crippen LogP contribution in [-0.2, 0) is 9.59 Å². The summed E-state index contributed by atoms with van der Waals surface area (Å²) in [4.78, 5) is 29.9. The molecule has 4 rings (SSSR count). The van der Waals surface area contributed by atoms with Crippen molar-refractivity contribution in [3.63, 3.8) is 0 Å². The lowest BCUT2D eigenvalue weighted by molar-refractivity contribution is -0.122. The third-order valence-electron chi connectivity index (χ3n) is 6.11. The number of halogens is 1. The number of allylic oxidation sites excluding steroid dienone is 1. The van der Waals surface area contributed by atoms with Crippen LogP contribution in [0.15, 0.2) is 52.5 Å². The summed E-state index contributed by atoms with van der Waals surface area (Å²) in [7, 11) is 1.59. The Hall–Kier alpha value is -2.97. The Morgan fingerprint density at radius 1 is 1.21 bits per heavy atom. The van der Waals surface area contributed by atoms with Gasteiger partial charge in [-0.25, -0.2) is 0 Å². The number of hydrogen-bond acceptors (Lipinski definition) is 5. The normalized spacial score (nSPS) is 18.6. The smallest absolute Gasteiger partial charge is 0.270 e. The maximum atomic E-state index is 13.4. The lowest BCUT2D eigenvalue weighted by Gasteiger charge is -2.43. The molecule has 0 aliphatic carbocycles. The molecular weight excluding hydrogens is 514 g/mol. The minimum Gasteiger partial charge on any atom is -0.496 e. The number of methoxy groups -OCH3 is 1. The second-order valence-corrected chi connectivity index (χ2v) is 10.1. The molecular formula is C26H26BrN3O3S. The number of benzene rings is 2. The molecule has 2 aliphatic rings. The Balaban J connectivity index is 1.83. The molecule has 0 spiro atoms. The number of nitrogens with one attached hydrogen (secondary N) is 1. The Morgan fingerprint density at radius 3 is 2.59 bits per heavy atom. The van der Waals surface area contributed by atoms with E-state index in [9.17, 15) is 9.59 Å². The quantitative estimate of drug-likeness (QED) is 0.324. The molecule has 0 saturated carbocycles. The van der Waals surface area contributed by atoms with E-state index < -0.39 is 11.8 Å². The standard InChI is InChI=1S/C26H26BrN3O3S/c1-6-29-21-13-22(33-5)16(10-19(21)15(2)14-26(29,3)4)11-20-23(31)28-25(34)30(24(20)32)18-9-7-8-17(27)12-18/h7-14H,6H2,1-5H3,(H,28,31,34)/b20-11-. The summed E-state index contributed by atoms with van der Waals surface area (Å²) in [5, 5.41) is 2.68. The van der Waals surface area contributed by atoms with Gasteiger partial charge in [0.25, 0.3) is 11.8 Å². The van der Waals surface area contributed by atoms with E-state index in [-0.39, 0.29) is 16.2 Å². The highest BCUT2D eigenvalue weighted by atomic mass is 79.9. The van der Waals surface area contributed by atoms with Gasteiger partial charge >= 0.3 is 0 Å². The van der Waals surface area contributed by atoms with Crippen LogP contribution < -0.4 is 19.9 Å². The van der Waals surface area contributed by atoms with Gasteiger partial charge in [-0.3, -0.25) is 19.8 Å². The van der Waals surface area contributed by atoms with Gasteiger partial charge in [0.05, 0.1) is 18.3 Å². The second kappa shape index (κ2) is 9.00. The van der Waals surface area contributed by atoms with Crippen LogP contribution in [0.1, 0.15) is 38.8 Å². The monoisotopic (exact) mass is 539 g/mol. The lowest BCUT2D eigenvalue weighted by Crippen LogP contribution is -2.54. The average molecular weight is 540 g/mol. The van der Waals surface area contributed by atoms with Gasteiger partial charge in [-0.05, 0) is 75.8 Å². The van der Waals surface area contributed by atoms with E-state index in [0.717, 1.165) is 27.8 Å². The molecule has 34 heavy (non-hydrogen) atoms. The maximum absolute atomic E-state index is 13.4. The van der Waals surface area contributed by atoms with E-state index in [1.54, 1.807) is 31.4 Å². The third-order valence-corrected chi connectivity index (χ3v) is 6.89. The maximum Gasteiger partial charge on any atom is 0.270 e. The van der Waals surface area contributed by atoms with Gasteiger partial charge in [0.15, 0.2) is 5.11 Å². The highest BCUT2D eigenvalue weighted by Gasteiger charge is 2.35. The highest BCUT2D eigenvalue weighted by Crippen LogP contribution is 2.42. The van der Waals surface area contributed by atoms with Crippen LogP contribution in [0.5, 0.6) is 5.75 Å². The fourth-order valence-corrected chi connectivity index (χ4v) is 5.32. The summed E-state index contributed by atoms with van der Waals surface area (Å²) in [6.07, 6.45) is 3.81. The van der Waals surface area contributed by atoms with Crippen molar-refractivity contribution in [2.24, 2.45) is 0 Å². The van der Waals surface area contributed by atoms with Crippen LogP contribution in [0.3, 0.4) is 0 Å². The fourth-order valence-electron chi connectivity index (χ4n) is 4.65. The van der Waals surface area contributed by atoms with Gasteiger partial charge in [0.1, 0.15) is 11.3 Å². The minimum atomic E-state index is -0.537. The van der Waals surface area contributed by atoms with Gasteiger partial charge < -0.3 is 9.64 Å². The number of fused-ring (bicyclic) bond motifs is 1. The third kappa shape index (κ3) is 4.16. The molecule has 6 nitrogen and oxygen atoms in total. The van der Waals surface area contributed by atoms with Gasteiger partial charge in [-0.1, -0.05) is 28.1 Å². The molecule has 8 heteroatoms. The molecule has 2 amide bonds. The van der Waals surface area contributed by atoms with Crippen LogP contribution in [0, 0.1) is 0 Å². The van der Waals surface area contributed by atoms with Crippen LogP contribution in [-0.4, -0.2) is 36.1 Å². The molecule has 0 aromatic heterocycles. The van der Waals surface area contributed by atoms with E-state index in [4.69, 9.17) is 17.0 Å². The molecule has 0 atom stereocenters. The number of ether oxygens (including phenoxy) is 1. The largest absolute Gasteiger partial charge is 0.496 e. The zero-order chi connectivity index (χ0) is 24.8. The van der Waals surface area contributed by atoms with Gasteiger partial charge in [0, 0.05) is 33.9 Å². The molecule has 2 heterocycles. The van der Waals surface area contributed by atoms with Crippen molar-refractivity contribution in [1.82, 2.24) is 5.32 Å². The van der Waals surface area contributed by atoms with Crippen molar-refractivity contribution in [1.29, 1.82) is 0 Å². The van der Waals surface area contributed by atoms with Crippen LogP contribution >= 0.6 is 28.1 Å². The Labute approximate surface area is 213 Å². The zero-order valence-electron chi connectivity index (χ0n) is 19.7. The number of amides is 2. The number of anilines is 2. The SMILES string of the molecule is CCN1c2cc(OC)c(/C=C3/C(=O)NC(=S)N(c4cccc(Br)c4)C3=O)cc2C(C)=CC1(C)C. The van der Waals surface area contributed by atoms with Crippen molar-refractivity contribution in [3.8, 4) is 5.75 Å². The zero-order valence-corrected chi connectivity index (χ0v) is 22.1. The number of carbonyl (C=O) groups is 2. The van der Waals surface area contributed by atoms with Crippen molar-refractivity contribution in [3.05, 3.63) is 63.6 Å². The summed E-state index contributed by atoms with van der Waals surface area (Å²) in [6.45, 7) is 9.37. The molecule has 1 fully saturated rings. The van der Waals surface area contributed by atoms with Crippen molar-refractivity contribution in [2.45, 2.75) is 33.2 Å². The molecule has 2 aromatic carbocycles. The first-order chi connectivity index (χ1) is 16.1. The number of thiocarbonyl (C=S) groups is 1. The fraction of sp³-hybridized carbons (Fsp3) is 0.269. The van der Waals surface area contributed by atoms with Gasteiger partial charge in [-0.2, -0.15) is 0 Å². The molecule has 2 aliphatic heterocycles. The first-order valence-corrected chi connectivity index (χ1v) is 12.1. The second-order valence-electron chi connectivity index (χ2n) is 8.77. The molecule has 0 radical (unpaired) electrons. The molecule has 2 aromatic rings. The minimum absolute atomic E-state index is 0.0167. The van der Waals surface area contributed by atoms with Gasteiger partial charge in [0.2, 0.25) is 0 Å². The highest BCUT2D eigenvalue weighted by molar-refractivity contribution is 9.10. The molecule has 0 bridgehead atoms. The van der Waals surface area contributed by atoms with Crippen molar-refractivity contribution >= 4 is 68.1 Å². The lowest BCUT2D eigenvalue weighted by atomic mass is 9.87. The van der Waals surface area contributed by atoms with E-state index in [1.165, 1.54) is 4.90 Å². The number of rotatable bonds is 4. The van der Waals surface area contributed by atoms with E-state index in [0.29, 0.717) is 17.0 Å². The van der Waals surface area contributed by atoms with Gasteiger partial charge in [-0.15, -0.1) is 0 Å². The van der Waals surface area contributed by atoms with E-state index >= 15 is 0 Å². The van der Waals surface area contributed by atoms with Crippen molar-refractivity contribution in [2.75, 3.05) is 23.5 Å². The van der Waals surface area contributed by atoms with E-state index in [1.807, 2.05) is 18.2 Å². The summed E-state index contributed by atoms with van der Waals surface area (Å²) >= 11 is 8.73. The first-order valence-electron chi connectivity index (χ1n) is 10.9. The van der Waals surface area contributed by atoms with E-state index in [2.05, 4.69) is 59.9 Å². The summed E-state index contributed by atoms with van der Waals surface area (Å²) in [5.74, 6) is -0.447. The molecule has 1 saturated heterocycles. The Bertz CT molecular complexity index is 1280. The predicted octanol–water partition coefficient (Wildman–Crippen LogP) is 5.31. The number of hydrogen-bond donors (Lipinski definition) is 1.